The number of ether oxygens (including phenoxy) is 1. The van der Waals surface area contributed by atoms with E-state index in [2.05, 4.69) is 10.6 Å². The van der Waals surface area contributed by atoms with E-state index in [1.54, 1.807) is 0 Å². The molecule has 5 nitrogen and oxygen atoms in total. The van der Waals surface area contributed by atoms with Gasteiger partial charge in [0.25, 0.3) is 0 Å². The minimum Gasteiger partial charge on any atom is -0.459 e. The van der Waals surface area contributed by atoms with Crippen molar-refractivity contribution in [2.45, 2.75) is 50.8 Å². The lowest BCUT2D eigenvalue weighted by Crippen LogP contribution is -2.47. The van der Waals surface area contributed by atoms with E-state index in [0.717, 1.165) is 36.2 Å². The summed E-state index contributed by atoms with van der Waals surface area (Å²) in [4.78, 5) is 12.3. The Balaban J connectivity index is 1.33. The van der Waals surface area contributed by atoms with Crippen LogP contribution in [-0.4, -0.2) is 24.8 Å². The normalized spacial score (nSPS) is 25.4. The molecule has 1 saturated heterocycles. The van der Waals surface area contributed by atoms with Crippen LogP contribution in [0.1, 0.15) is 44.4 Å². The average Bonchev–Trinajstić information content (AvgIpc) is 3.33. The second-order valence-corrected chi connectivity index (χ2v) is 6.99. The fourth-order valence-electron chi connectivity index (χ4n) is 3.47. The van der Waals surface area contributed by atoms with Crippen molar-refractivity contribution in [1.82, 2.24) is 10.6 Å². The van der Waals surface area contributed by atoms with E-state index in [1.165, 1.54) is 12.8 Å². The van der Waals surface area contributed by atoms with Crippen LogP contribution in [0, 0.1) is 5.92 Å². The highest BCUT2D eigenvalue weighted by atomic mass is 16.5. The summed E-state index contributed by atoms with van der Waals surface area (Å²) in [5.41, 5.74) is 0.846. The van der Waals surface area contributed by atoms with Crippen molar-refractivity contribution >= 4 is 17.0 Å². The maximum absolute atomic E-state index is 12.3. The number of carbonyl (C=O) groups excluding carboxylic acids is 1. The predicted molar refractivity (Wildman–Crippen MR) is 91.8 cm³/mol. The molecule has 0 spiro atoms. The number of urea groups is 1. The lowest BCUT2D eigenvalue weighted by atomic mass is 10.0. The van der Waals surface area contributed by atoms with E-state index in [-0.39, 0.29) is 18.1 Å². The monoisotopic (exact) mass is 328 g/mol. The minimum atomic E-state index is -0.170. The zero-order chi connectivity index (χ0) is 16.5. The molecule has 1 saturated carbocycles. The van der Waals surface area contributed by atoms with E-state index in [9.17, 15) is 4.79 Å². The Labute approximate surface area is 141 Å². The fraction of sp³-hybridized carbons (Fsp3) is 0.526. The molecule has 1 aromatic carbocycles. The summed E-state index contributed by atoms with van der Waals surface area (Å²) in [7, 11) is 0. The van der Waals surface area contributed by atoms with Gasteiger partial charge in [-0.2, -0.15) is 0 Å². The zero-order valence-electron chi connectivity index (χ0n) is 14.0. The van der Waals surface area contributed by atoms with Gasteiger partial charge in [-0.15, -0.1) is 0 Å². The lowest BCUT2D eigenvalue weighted by Gasteiger charge is -2.30. The fourth-order valence-corrected chi connectivity index (χ4v) is 3.47. The van der Waals surface area contributed by atoms with Crippen LogP contribution >= 0.6 is 0 Å². The summed E-state index contributed by atoms with van der Waals surface area (Å²) in [6.07, 6.45) is 4.68. The number of amides is 2. The second-order valence-electron chi connectivity index (χ2n) is 6.99. The number of benzene rings is 1. The molecule has 1 aliphatic carbocycles. The molecule has 24 heavy (non-hydrogen) atoms. The Hall–Kier alpha value is -2.01. The third kappa shape index (κ3) is 3.41. The molecule has 2 amide bonds. The summed E-state index contributed by atoms with van der Waals surface area (Å²) < 4.78 is 11.6. The summed E-state index contributed by atoms with van der Waals surface area (Å²) in [6, 6.07) is 9.75. The van der Waals surface area contributed by atoms with Crippen LogP contribution < -0.4 is 10.6 Å². The molecule has 4 rings (SSSR count). The summed E-state index contributed by atoms with van der Waals surface area (Å²) >= 11 is 0. The maximum Gasteiger partial charge on any atom is 0.315 e. The standard InChI is InChI=1S/C19H24N2O3/c1-12(17-10-14-4-2-3-5-16(14)24-17)20-19(22)21-15-8-9-23-18(11-15)13-6-7-13/h2-5,10,12-13,15,18H,6-9,11H2,1H3,(H2,20,21,22)/t12-,15+,18-/m0/s1. The molecule has 0 radical (unpaired) electrons. The molecule has 2 N–H and O–H groups in total. The number of rotatable bonds is 4. The topological polar surface area (TPSA) is 63.5 Å². The first-order chi connectivity index (χ1) is 11.7. The first-order valence-corrected chi connectivity index (χ1v) is 8.86. The van der Waals surface area contributed by atoms with Gasteiger partial charge in [-0.3, -0.25) is 0 Å². The number of para-hydroxylation sites is 1. The molecule has 0 bridgehead atoms. The third-order valence-corrected chi connectivity index (χ3v) is 5.02. The first-order valence-electron chi connectivity index (χ1n) is 8.86. The van der Waals surface area contributed by atoms with Gasteiger partial charge in [-0.25, -0.2) is 4.79 Å². The number of furan rings is 1. The van der Waals surface area contributed by atoms with Gasteiger partial charge < -0.3 is 19.8 Å². The molecule has 2 aliphatic rings. The Bertz CT molecular complexity index is 689. The molecule has 3 atom stereocenters. The number of hydrogen-bond donors (Lipinski definition) is 2. The number of carbonyl (C=O) groups is 1. The number of nitrogens with one attached hydrogen (secondary N) is 2. The van der Waals surface area contributed by atoms with Gasteiger partial charge >= 0.3 is 6.03 Å². The van der Waals surface area contributed by atoms with E-state index >= 15 is 0 Å². The van der Waals surface area contributed by atoms with Crippen LogP contribution in [0.2, 0.25) is 0 Å². The molecule has 128 valence electrons. The average molecular weight is 328 g/mol. The van der Waals surface area contributed by atoms with E-state index in [1.807, 2.05) is 37.3 Å². The second kappa shape index (κ2) is 6.48. The van der Waals surface area contributed by atoms with Crippen LogP contribution in [0.3, 0.4) is 0 Å². The van der Waals surface area contributed by atoms with Crippen LogP contribution in [0.5, 0.6) is 0 Å². The van der Waals surface area contributed by atoms with Crippen molar-refractivity contribution in [3.8, 4) is 0 Å². The molecule has 1 aromatic heterocycles. The van der Waals surface area contributed by atoms with Crippen molar-refractivity contribution in [2.75, 3.05) is 6.61 Å². The Morgan fingerprint density at radius 1 is 1.25 bits per heavy atom. The summed E-state index contributed by atoms with van der Waals surface area (Å²) in [6.45, 7) is 2.68. The largest absolute Gasteiger partial charge is 0.459 e. The zero-order valence-corrected chi connectivity index (χ0v) is 14.0. The third-order valence-electron chi connectivity index (χ3n) is 5.02. The Morgan fingerprint density at radius 3 is 2.88 bits per heavy atom. The van der Waals surface area contributed by atoms with Crippen LogP contribution in [-0.2, 0) is 4.74 Å². The first kappa shape index (κ1) is 15.5. The van der Waals surface area contributed by atoms with Crippen LogP contribution in [0.25, 0.3) is 11.0 Å². The van der Waals surface area contributed by atoms with Crippen molar-refractivity contribution in [3.63, 3.8) is 0 Å². The van der Waals surface area contributed by atoms with Gasteiger partial charge in [-0.1, -0.05) is 18.2 Å². The number of hydrogen-bond acceptors (Lipinski definition) is 3. The molecule has 2 fully saturated rings. The minimum absolute atomic E-state index is 0.135. The predicted octanol–water partition coefficient (Wildman–Crippen LogP) is 3.75. The van der Waals surface area contributed by atoms with Gasteiger partial charge in [0.2, 0.25) is 0 Å². The van der Waals surface area contributed by atoms with Crippen molar-refractivity contribution in [3.05, 3.63) is 36.1 Å². The highest BCUT2D eigenvalue weighted by Crippen LogP contribution is 2.38. The summed E-state index contributed by atoms with van der Waals surface area (Å²) in [5.74, 6) is 1.49. The molecule has 2 aromatic rings. The van der Waals surface area contributed by atoms with Gasteiger partial charge in [0, 0.05) is 18.0 Å². The summed E-state index contributed by atoms with van der Waals surface area (Å²) in [5, 5.41) is 7.13. The Kier molecular flexibility index (Phi) is 4.19. The smallest absolute Gasteiger partial charge is 0.315 e. The van der Waals surface area contributed by atoms with Gasteiger partial charge in [0.1, 0.15) is 11.3 Å². The molecular weight excluding hydrogens is 304 g/mol. The van der Waals surface area contributed by atoms with Gasteiger partial charge in [0.15, 0.2) is 0 Å². The molecule has 5 heteroatoms. The number of fused-ring (bicyclic) bond motifs is 1. The van der Waals surface area contributed by atoms with Gasteiger partial charge in [0.05, 0.1) is 12.1 Å². The highest BCUT2D eigenvalue weighted by Gasteiger charge is 2.36. The van der Waals surface area contributed by atoms with Crippen LogP contribution in [0.4, 0.5) is 4.79 Å². The lowest BCUT2D eigenvalue weighted by molar-refractivity contribution is -0.00918. The molecule has 0 unspecified atom stereocenters. The Morgan fingerprint density at radius 2 is 2.08 bits per heavy atom. The van der Waals surface area contributed by atoms with Crippen molar-refractivity contribution in [1.29, 1.82) is 0 Å². The van der Waals surface area contributed by atoms with E-state index in [0.29, 0.717) is 12.0 Å². The maximum atomic E-state index is 12.3. The quantitative estimate of drug-likeness (QED) is 0.898. The van der Waals surface area contributed by atoms with Crippen molar-refractivity contribution in [2.24, 2.45) is 5.92 Å². The highest BCUT2D eigenvalue weighted by molar-refractivity contribution is 5.78. The van der Waals surface area contributed by atoms with Gasteiger partial charge in [-0.05, 0) is 50.7 Å². The molecule has 2 heterocycles. The molecular formula is C19H24N2O3. The molecule has 1 aliphatic heterocycles. The SMILES string of the molecule is C[C@H](NC(=O)N[C@@H]1CCO[C@H](C2CC2)C1)c1cc2ccccc2o1. The van der Waals surface area contributed by atoms with Crippen molar-refractivity contribution < 1.29 is 13.9 Å². The van der Waals surface area contributed by atoms with Crippen LogP contribution in [0.15, 0.2) is 34.7 Å². The van der Waals surface area contributed by atoms with E-state index < -0.39 is 0 Å². The van der Waals surface area contributed by atoms with E-state index in [4.69, 9.17) is 9.15 Å².